The van der Waals surface area contributed by atoms with Crippen LogP contribution in [0.5, 0.6) is 0 Å². The van der Waals surface area contributed by atoms with Crippen molar-refractivity contribution >= 4 is 27.3 Å². The quantitative estimate of drug-likeness (QED) is 0.896. The Bertz CT molecular complexity index is 998. The van der Waals surface area contributed by atoms with Crippen LogP contribution in [0.2, 0.25) is 0 Å². The maximum atomic E-state index is 13.0. The van der Waals surface area contributed by atoms with Gasteiger partial charge in [-0.2, -0.15) is 0 Å². The minimum Gasteiger partial charge on any atom is -0.311 e. The number of benzene rings is 2. The lowest BCUT2D eigenvalue weighted by Gasteiger charge is -2.26. The van der Waals surface area contributed by atoms with Crippen LogP contribution in [-0.4, -0.2) is 20.9 Å². The van der Waals surface area contributed by atoms with Gasteiger partial charge in [-0.25, -0.2) is 8.42 Å². The Labute approximate surface area is 154 Å². The number of amides is 1. The lowest BCUT2D eigenvalue weighted by molar-refractivity contribution is -0.119. The summed E-state index contributed by atoms with van der Waals surface area (Å²) in [5.41, 5.74) is 4.27. The Morgan fingerprint density at radius 3 is 2.77 bits per heavy atom. The van der Waals surface area contributed by atoms with Gasteiger partial charge in [-0.15, -0.1) is 0 Å². The zero-order valence-corrected chi connectivity index (χ0v) is 15.8. The predicted molar refractivity (Wildman–Crippen MR) is 102 cm³/mol. The molecule has 0 spiro atoms. The van der Waals surface area contributed by atoms with E-state index in [0.29, 0.717) is 5.69 Å². The molecule has 5 nitrogen and oxygen atoms in total. The highest BCUT2D eigenvalue weighted by Gasteiger charge is 2.38. The molecule has 1 amide bonds. The summed E-state index contributed by atoms with van der Waals surface area (Å²) in [5, 5.41) is 0. The number of rotatable bonds is 4. The number of carbonyl (C=O) groups excluding carboxylic acids is 1. The van der Waals surface area contributed by atoms with Crippen molar-refractivity contribution in [2.75, 3.05) is 16.2 Å². The molecule has 2 aliphatic heterocycles. The lowest BCUT2D eigenvalue weighted by atomic mass is 9.97. The predicted octanol–water partition coefficient (Wildman–Crippen LogP) is 3.45. The third-order valence-electron chi connectivity index (χ3n) is 5.35. The van der Waals surface area contributed by atoms with Crippen LogP contribution < -0.4 is 9.62 Å². The van der Waals surface area contributed by atoms with E-state index in [2.05, 4.69) is 4.72 Å². The van der Waals surface area contributed by atoms with E-state index in [4.69, 9.17) is 0 Å². The second-order valence-corrected chi connectivity index (χ2v) is 8.63. The lowest BCUT2D eigenvalue weighted by Crippen LogP contribution is -2.32. The Morgan fingerprint density at radius 2 is 2.00 bits per heavy atom. The minimum absolute atomic E-state index is 0.0692. The number of para-hydroxylation sites is 1. The molecule has 1 N–H and O–H groups in total. The highest BCUT2D eigenvalue weighted by atomic mass is 32.2. The molecule has 0 unspecified atom stereocenters. The first kappa shape index (κ1) is 17.1. The molecule has 0 radical (unpaired) electrons. The van der Waals surface area contributed by atoms with Crippen LogP contribution in [-0.2, 0) is 27.7 Å². The standard InChI is InChI=1S/C20H22N2O3S/c1-3-14-7-4-5-9-18(14)21-26(24,25)16-11-15-8-6-10-22-19(15)17(12-16)13(2)20(22)23/h4-5,7,9,11-13,21H,3,6,8,10H2,1-2H3/t13-/m0/s1. The van der Waals surface area contributed by atoms with E-state index in [1.807, 2.05) is 36.9 Å². The van der Waals surface area contributed by atoms with E-state index in [0.717, 1.165) is 48.2 Å². The van der Waals surface area contributed by atoms with Crippen molar-refractivity contribution in [2.45, 2.75) is 43.9 Å². The summed E-state index contributed by atoms with van der Waals surface area (Å²) < 4.78 is 28.8. The van der Waals surface area contributed by atoms with Crippen LogP contribution in [0.3, 0.4) is 0 Å². The molecule has 136 valence electrons. The fourth-order valence-electron chi connectivity index (χ4n) is 3.95. The number of aryl methyl sites for hydroxylation is 2. The molecule has 0 bridgehead atoms. The molecule has 2 aromatic rings. The molecule has 2 aliphatic rings. The topological polar surface area (TPSA) is 66.5 Å². The first-order valence-corrected chi connectivity index (χ1v) is 10.5. The third kappa shape index (κ3) is 2.60. The molecule has 0 aromatic heterocycles. The van der Waals surface area contributed by atoms with Crippen molar-refractivity contribution in [3.63, 3.8) is 0 Å². The fourth-order valence-corrected chi connectivity index (χ4v) is 5.14. The molecular formula is C20H22N2O3S. The van der Waals surface area contributed by atoms with Crippen LogP contribution in [0.4, 0.5) is 11.4 Å². The van der Waals surface area contributed by atoms with Gasteiger partial charge < -0.3 is 4.90 Å². The monoisotopic (exact) mass is 370 g/mol. The number of anilines is 2. The van der Waals surface area contributed by atoms with E-state index in [1.54, 1.807) is 18.2 Å². The second-order valence-electron chi connectivity index (χ2n) is 6.95. The zero-order chi connectivity index (χ0) is 18.5. The van der Waals surface area contributed by atoms with E-state index >= 15 is 0 Å². The number of hydrogen-bond donors (Lipinski definition) is 1. The molecule has 0 saturated heterocycles. The fraction of sp³-hybridized carbons (Fsp3) is 0.350. The molecule has 0 fully saturated rings. The van der Waals surface area contributed by atoms with Crippen LogP contribution >= 0.6 is 0 Å². The van der Waals surface area contributed by atoms with Gasteiger partial charge in [-0.05, 0) is 61.1 Å². The van der Waals surface area contributed by atoms with Gasteiger partial charge in [-0.3, -0.25) is 9.52 Å². The zero-order valence-electron chi connectivity index (χ0n) is 15.0. The number of sulfonamides is 1. The first-order chi connectivity index (χ1) is 12.4. The van der Waals surface area contributed by atoms with Gasteiger partial charge >= 0.3 is 0 Å². The van der Waals surface area contributed by atoms with Crippen molar-refractivity contribution in [1.29, 1.82) is 0 Å². The summed E-state index contributed by atoms with van der Waals surface area (Å²) in [4.78, 5) is 14.5. The SMILES string of the molecule is CCc1ccccc1NS(=O)(=O)c1cc2c3c(c1)[C@H](C)C(=O)N3CCC2. The number of nitrogens with one attached hydrogen (secondary N) is 1. The van der Waals surface area contributed by atoms with Gasteiger partial charge in [0.05, 0.1) is 22.2 Å². The minimum atomic E-state index is -3.71. The first-order valence-electron chi connectivity index (χ1n) is 9.01. The van der Waals surface area contributed by atoms with Crippen LogP contribution in [0.15, 0.2) is 41.3 Å². The van der Waals surface area contributed by atoms with E-state index < -0.39 is 10.0 Å². The Morgan fingerprint density at radius 1 is 1.23 bits per heavy atom. The summed E-state index contributed by atoms with van der Waals surface area (Å²) in [7, 11) is -3.71. The van der Waals surface area contributed by atoms with Crippen LogP contribution in [0.25, 0.3) is 0 Å². The maximum Gasteiger partial charge on any atom is 0.261 e. The molecular weight excluding hydrogens is 348 g/mol. The molecule has 1 atom stereocenters. The number of nitrogens with zero attached hydrogens (tertiary/aromatic N) is 1. The largest absolute Gasteiger partial charge is 0.311 e. The van der Waals surface area contributed by atoms with Crippen molar-refractivity contribution in [1.82, 2.24) is 0 Å². The van der Waals surface area contributed by atoms with Crippen molar-refractivity contribution < 1.29 is 13.2 Å². The summed E-state index contributed by atoms with van der Waals surface area (Å²) in [6, 6.07) is 10.8. The smallest absolute Gasteiger partial charge is 0.261 e. The van der Waals surface area contributed by atoms with Gasteiger partial charge in [0, 0.05) is 6.54 Å². The summed E-state index contributed by atoms with van der Waals surface area (Å²) in [5.74, 6) is -0.222. The summed E-state index contributed by atoms with van der Waals surface area (Å²) in [6.07, 6.45) is 2.41. The summed E-state index contributed by atoms with van der Waals surface area (Å²) >= 11 is 0. The molecule has 2 heterocycles. The number of hydrogen-bond acceptors (Lipinski definition) is 3. The van der Waals surface area contributed by atoms with E-state index in [9.17, 15) is 13.2 Å². The number of carbonyl (C=O) groups is 1. The summed E-state index contributed by atoms with van der Waals surface area (Å²) in [6.45, 7) is 4.57. The third-order valence-corrected chi connectivity index (χ3v) is 6.69. The molecule has 4 rings (SSSR count). The molecule has 0 saturated carbocycles. The highest BCUT2D eigenvalue weighted by molar-refractivity contribution is 7.92. The van der Waals surface area contributed by atoms with Gasteiger partial charge in [0.25, 0.3) is 10.0 Å². The van der Waals surface area contributed by atoms with Gasteiger partial charge in [0.2, 0.25) is 5.91 Å². The highest BCUT2D eigenvalue weighted by Crippen LogP contribution is 2.44. The molecule has 2 aromatic carbocycles. The van der Waals surface area contributed by atoms with Crippen molar-refractivity contribution in [3.05, 3.63) is 53.1 Å². The molecule has 26 heavy (non-hydrogen) atoms. The normalized spacial score (nSPS) is 18.8. The van der Waals surface area contributed by atoms with Gasteiger partial charge in [-0.1, -0.05) is 25.1 Å². The average molecular weight is 370 g/mol. The van der Waals surface area contributed by atoms with Crippen molar-refractivity contribution in [3.8, 4) is 0 Å². The van der Waals surface area contributed by atoms with E-state index in [-0.39, 0.29) is 16.7 Å². The van der Waals surface area contributed by atoms with Crippen molar-refractivity contribution in [2.24, 2.45) is 0 Å². The Hall–Kier alpha value is -2.34. The van der Waals surface area contributed by atoms with E-state index in [1.165, 1.54) is 0 Å². The van der Waals surface area contributed by atoms with Gasteiger partial charge in [0.15, 0.2) is 0 Å². The maximum absolute atomic E-state index is 13.0. The second kappa shape index (κ2) is 6.13. The Kier molecular flexibility index (Phi) is 4.03. The molecule has 0 aliphatic carbocycles. The van der Waals surface area contributed by atoms with Crippen LogP contribution in [0.1, 0.15) is 42.9 Å². The molecule has 6 heteroatoms. The van der Waals surface area contributed by atoms with Crippen LogP contribution in [0, 0.1) is 0 Å². The Balaban J connectivity index is 1.78. The average Bonchev–Trinajstić information content (AvgIpc) is 2.88. The van der Waals surface area contributed by atoms with Gasteiger partial charge in [0.1, 0.15) is 0 Å².